The van der Waals surface area contributed by atoms with Gasteiger partial charge >= 0.3 is 6.03 Å². The molecule has 2 aromatic carbocycles. The molecule has 4 rings (SSSR count). The Morgan fingerprint density at radius 3 is 2.57 bits per heavy atom. The van der Waals surface area contributed by atoms with E-state index in [4.69, 9.17) is 11.6 Å². The molecule has 2 atom stereocenters. The van der Waals surface area contributed by atoms with Crippen molar-refractivity contribution in [3.05, 3.63) is 82.6 Å². The van der Waals surface area contributed by atoms with Crippen molar-refractivity contribution >= 4 is 29.4 Å². The number of halogens is 2. The summed E-state index contributed by atoms with van der Waals surface area (Å²) in [6.45, 7) is 6.44. The summed E-state index contributed by atoms with van der Waals surface area (Å²) >= 11 is 6.17. The normalized spacial score (nSPS) is 20.2. The molecule has 196 valence electrons. The highest BCUT2D eigenvalue weighted by Crippen LogP contribution is 2.29. The van der Waals surface area contributed by atoms with Crippen LogP contribution in [-0.4, -0.2) is 70.0 Å². The fourth-order valence-corrected chi connectivity index (χ4v) is 5.04. The number of allylic oxidation sites excluding steroid dienone is 1. The molecule has 2 aliphatic heterocycles. The second-order valence-electron chi connectivity index (χ2n) is 9.59. The number of fused-ring (bicyclic) bond motifs is 1. The lowest BCUT2D eigenvalue weighted by molar-refractivity contribution is -0.188. The SMILES string of the molecule is C=C(C)CC[C@H]1C(=O)N(Cc2cccc(Cl)c2)C[C@H]2N1C(=O)CN(C)N2C(=O)NCc1ccc(F)cc1. The number of urea groups is 1. The molecule has 0 unspecified atom stereocenters. The Morgan fingerprint density at radius 1 is 1.16 bits per heavy atom. The van der Waals surface area contributed by atoms with Crippen molar-refractivity contribution in [2.75, 3.05) is 20.1 Å². The van der Waals surface area contributed by atoms with E-state index in [9.17, 15) is 18.8 Å². The minimum absolute atomic E-state index is 0.0361. The lowest BCUT2D eigenvalue weighted by Crippen LogP contribution is -2.75. The number of nitrogens with one attached hydrogen (secondary N) is 1. The summed E-state index contributed by atoms with van der Waals surface area (Å²) in [5.41, 5.74) is 2.51. The molecule has 2 saturated heterocycles. The molecular formula is C27H31ClFN5O3. The van der Waals surface area contributed by atoms with Crippen LogP contribution in [-0.2, 0) is 22.7 Å². The third-order valence-electron chi connectivity index (χ3n) is 6.61. The number of hydrogen-bond donors (Lipinski definition) is 1. The zero-order valence-corrected chi connectivity index (χ0v) is 21.7. The number of amides is 4. The van der Waals surface area contributed by atoms with Crippen LogP contribution in [0.3, 0.4) is 0 Å². The van der Waals surface area contributed by atoms with Gasteiger partial charge in [-0.1, -0.05) is 41.4 Å². The molecule has 8 nitrogen and oxygen atoms in total. The number of piperazine rings is 1. The van der Waals surface area contributed by atoms with E-state index in [1.54, 1.807) is 46.1 Å². The fraction of sp³-hybridized carbons (Fsp3) is 0.370. The molecule has 0 bridgehead atoms. The van der Waals surface area contributed by atoms with Crippen molar-refractivity contribution in [1.29, 1.82) is 0 Å². The van der Waals surface area contributed by atoms with Crippen LogP contribution in [0, 0.1) is 5.82 Å². The molecule has 4 amide bonds. The summed E-state index contributed by atoms with van der Waals surface area (Å²) in [6.07, 6.45) is 0.299. The van der Waals surface area contributed by atoms with Gasteiger partial charge in [-0.15, -0.1) is 6.58 Å². The molecule has 1 N–H and O–H groups in total. The third-order valence-corrected chi connectivity index (χ3v) is 6.85. The van der Waals surface area contributed by atoms with Crippen molar-refractivity contribution in [3.8, 4) is 0 Å². The third kappa shape index (κ3) is 6.11. The minimum atomic E-state index is -0.719. The number of carbonyl (C=O) groups is 3. The average Bonchev–Trinajstić information content (AvgIpc) is 2.84. The highest BCUT2D eigenvalue weighted by atomic mass is 35.5. The van der Waals surface area contributed by atoms with E-state index in [0.29, 0.717) is 24.4 Å². The molecule has 0 aromatic heterocycles. The molecule has 2 aliphatic rings. The summed E-state index contributed by atoms with van der Waals surface area (Å²) in [7, 11) is 1.67. The highest BCUT2D eigenvalue weighted by Gasteiger charge is 2.50. The van der Waals surface area contributed by atoms with Gasteiger partial charge in [-0.05, 0) is 55.2 Å². The largest absolute Gasteiger partial charge is 0.334 e. The topological polar surface area (TPSA) is 76.2 Å². The number of likely N-dealkylation sites (N-methyl/N-ethyl adjacent to an activating group) is 1. The molecule has 0 radical (unpaired) electrons. The van der Waals surface area contributed by atoms with Crippen molar-refractivity contribution in [3.63, 3.8) is 0 Å². The zero-order valence-electron chi connectivity index (χ0n) is 21.0. The maximum Gasteiger partial charge on any atom is 0.334 e. The first-order valence-corrected chi connectivity index (χ1v) is 12.5. The van der Waals surface area contributed by atoms with E-state index in [0.717, 1.165) is 16.7 Å². The van der Waals surface area contributed by atoms with E-state index >= 15 is 0 Å². The van der Waals surface area contributed by atoms with Gasteiger partial charge < -0.3 is 15.1 Å². The Labute approximate surface area is 221 Å². The predicted octanol–water partition coefficient (Wildman–Crippen LogP) is 3.77. The van der Waals surface area contributed by atoms with Gasteiger partial charge in [-0.3, -0.25) is 9.59 Å². The summed E-state index contributed by atoms with van der Waals surface area (Å²) < 4.78 is 13.3. The van der Waals surface area contributed by atoms with Gasteiger partial charge in [0.1, 0.15) is 18.0 Å². The van der Waals surface area contributed by atoms with Crippen LogP contribution in [0.25, 0.3) is 0 Å². The molecule has 2 aromatic rings. The molecule has 37 heavy (non-hydrogen) atoms. The molecule has 2 heterocycles. The second kappa shape index (κ2) is 11.3. The van der Waals surface area contributed by atoms with Crippen LogP contribution < -0.4 is 5.32 Å². The second-order valence-corrected chi connectivity index (χ2v) is 10.0. The zero-order chi connectivity index (χ0) is 26.7. The summed E-state index contributed by atoms with van der Waals surface area (Å²) in [5.74, 6) is -0.730. The predicted molar refractivity (Wildman–Crippen MR) is 138 cm³/mol. The quantitative estimate of drug-likeness (QED) is 0.556. The first kappa shape index (κ1) is 26.6. The van der Waals surface area contributed by atoms with Gasteiger partial charge in [0.15, 0.2) is 0 Å². The van der Waals surface area contributed by atoms with E-state index in [2.05, 4.69) is 11.9 Å². The summed E-state index contributed by atoms with van der Waals surface area (Å²) in [6, 6.07) is 12.0. The Bertz CT molecular complexity index is 1190. The Balaban J connectivity index is 1.60. The summed E-state index contributed by atoms with van der Waals surface area (Å²) in [5, 5.41) is 6.50. The van der Waals surface area contributed by atoms with Crippen molar-refractivity contribution < 1.29 is 18.8 Å². The standard InChI is InChI=1S/C27H31ClFN5O3/c1-18(2)7-12-23-26(36)32(15-20-5-4-6-21(28)13-20)16-24-33(23)25(35)17-31(3)34(24)27(37)30-14-19-8-10-22(29)11-9-19/h4-6,8-11,13,23-24H,1,7,12,14-17H2,2-3H3,(H,30,37)/t23-,24-/m0/s1. The van der Waals surface area contributed by atoms with Gasteiger partial charge in [-0.2, -0.15) is 0 Å². The lowest BCUT2D eigenvalue weighted by atomic mass is 9.99. The van der Waals surface area contributed by atoms with Crippen LogP contribution >= 0.6 is 11.6 Å². The van der Waals surface area contributed by atoms with Gasteiger partial charge in [0, 0.05) is 25.2 Å². The van der Waals surface area contributed by atoms with Gasteiger partial charge in [-0.25, -0.2) is 19.2 Å². The first-order valence-electron chi connectivity index (χ1n) is 12.2. The molecule has 0 aliphatic carbocycles. The highest BCUT2D eigenvalue weighted by molar-refractivity contribution is 6.30. The average molecular weight is 528 g/mol. The number of benzene rings is 2. The molecule has 10 heteroatoms. The molecule has 0 saturated carbocycles. The maximum absolute atomic E-state index is 13.6. The molecule has 2 fully saturated rings. The Morgan fingerprint density at radius 2 is 1.89 bits per heavy atom. The Kier molecular flexibility index (Phi) is 8.14. The molecular weight excluding hydrogens is 497 g/mol. The van der Waals surface area contributed by atoms with E-state index in [1.165, 1.54) is 17.1 Å². The lowest BCUT2D eigenvalue weighted by Gasteiger charge is -2.54. The van der Waals surface area contributed by atoms with Crippen LogP contribution in [0.1, 0.15) is 30.9 Å². The van der Waals surface area contributed by atoms with Crippen LogP contribution in [0.5, 0.6) is 0 Å². The number of nitrogens with zero attached hydrogens (tertiary/aromatic N) is 4. The fourth-order valence-electron chi connectivity index (χ4n) is 4.82. The van der Waals surface area contributed by atoms with Crippen molar-refractivity contribution in [2.45, 2.75) is 45.1 Å². The van der Waals surface area contributed by atoms with E-state index in [1.807, 2.05) is 19.1 Å². The monoisotopic (exact) mass is 527 g/mol. The number of hydrazine groups is 1. The maximum atomic E-state index is 13.6. The van der Waals surface area contributed by atoms with Crippen molar-refractivity contribution in [2.24, 2.45) is 0 Å². The van der Waals surface area contributed by atoms with Crippen LogP contribution in [0.2, 0.25) is 5.02 Å². The summed E-state index contributed by atoms with van der Waals surface area (Å²) in [4.78, 5) is 43.5. The number of hydrogen-bond acceptors (Lipinski definition) is 4. The number of rotatable bonds is 7. The van der Waals surface area contributed by atoms with Crippen LogP contribution in [0.4, 0.5) is 9.18 Å². The van der Waals surface area contributed by atoms with Gasteiger partial charge in [0.25, 0.3) is 0 Å². The molecule has 0 spiro atoms. The smallest absolute Gasteiger partial charge is 0.333 e. The van der Waals surface area contributed by atoms with Gasteiger partial charge in [0.2, 0.25) is 11.8 Å². The van der Waals surface area contributed by atoms with Crippen molar-refractivity contribution in [1.82, 2.24) is 25.1 Å². The van der Waals surface area contributed by atoms with Gasteiger partial charge in [0.05, 0.1) is 13.1 Å². The van der Waals surface area contributed by atoms with Crippen LogP contribution in [0.15, 0.2) is 60.7 Å². The van der Waals surface area contributed by atoms with E-state index < -0.39 is 18.2 Å². The Hall–Kier alpha value is -3.43. The minimum Gasteiger partial charge on any atom is -0.333 e. The van der Waals surface area contributed by atoms with E-state index in [-0.39, 0.29) is 37.3 Å². The first-order chi connectivity index (χ1) is 17.6. The number of carbonyl (C=O) groups excluding carboxylic acids is 3.